The molecule has 0 radical (unpaired) electrons. The number of thiophene rings is 1. The van der Waals surface area contributed by atoms with Gasteiger partial charge in [-0.2, -0.15) is 59.8 Å². The van der Waals surface area contributed by atoms with Crippen molar-refractivity contribution < 1.29 is 42.0 Å². The first-order valence-electron chi connectivity index (χ1n) is 52.0. The van der Waals surface area contributed by atoms with E-state index < -0.39 is 33.2 Å². The zero-order chi connectivity index (χ0) is 103. The van der Waals surface area contributed by atoms with Crippen molar-refractivity contribution in [1.82, 2.24) is 132 Å². The SMILES string of the molecule is CSCC[C@H](CC(=O)c1ccsc1)c1cn(C2(C#N)CC2)nn1.N#CC1(n2cc([C@@H](NC(=O)C3=CC=NC3)C3CCCCC3)nn2)CC1.N#CC1(n2cc([C@@H](NC(=O)c3ccco3)C3CCCCC3)nn2)CC1.N#CC1(n2cc([C@@H](NC(=O)c3ccoc3)C3CCCCC3)nn2)CC1.N#CC1(n2cc([C@@H](NC(=O)c3cn[nH]c3)C3CCCCC3)nn2)CC1.N#CC1(n2cc([C@@H](NC(=O)c3cnco3)C3CCCCC3)nn2)CC1. The number of ketones is 1. The van der Waals surface area contributed by atoms with Crippen molar-refractivity contribution in [1.29, 1.82) is 31.6 Å². The Morgan fingerprint density at radius 3 is 1.10 bits per heavy atom. The van der Waals surface area contributed by atoms with E-state index in [4.69, 9.17) is 13.3 Å². The smallest absolute Gasteiger partial charge is 0.289 e. The van der Waals surface area contributed by atoms with Crippen molar-refractivity contribution in [3.05, 3.63) is 190 Å². The van der Waals surface area contributed by atoms with Crippen molar-refractivity contribution >= 4 is 64.6 Å². The lowest BCUT2D eigenvalue weighted by Crippen LogP contribution is -2.35. The fourth-order valence-corrected chi connectivity index (χ4v) is 22.0. The van der Waals surface area contributed by atoms with Gasteiger partial charge in [0.1, 0.15) is 34.7 Å². The molecule has 0 spiro atoms. The van der Waals surface area contributed by atoms with Crippen LogP contribution in [0.5, 0.6) is 0 Å². The number of rotatable bonds is 33. The minimum absolute atomic E-state index is 0.0538. The zero-order valence-electron chi connectivity index (χ0n) is 83.0. The third-order valence-electron chi connectivity index (χ3n) is 31.2. The maximum absolute atomic E-state index is 12.6. The Hall–Kier alpha value is -14.8. The molecule has 11 saturated carbocycles. The van der Waals surface area contributed by atoms with Gasteiger partial charge in [0.2, 0.25) is 11.7 Å². The fourth-order valence-electron chi connectivity index (χ4n) is 20.9. The Balaban J connectivity index is 0.000000116. The van der Waals surface area contributed by atoms with E-state index in [1.54, 1.807) is 76.5 Å². The topological polar surface area (TPSA) is 583 Å². The second-order valence-corrected chi connectivity index (χ2v) is 43.0. The Morgan fingerprint density at radius 2 is 0.797 bits per heavy atom. The fraction of sp³-hybridized carbons (Fsp3) is 0.567. The van der Waals surface area contributed by atoms with Crippen molar-refractivity contribution in [2.24, 2.45) is 34.6 Å². The predicted molar refractivity (Wildman–Crippen MR) is 535 cm³/mol. The molecule has 6 atom stereocenters. The number of oxazole rings is 1. The molecule has 11 aromatic rings. The van der Waals surface area contributed by atoms with Gasteiger partial charge in [-0.05, 0) is 225 Å². The summed E-state index contributed by atoms with van der Waals surface area (Å²) < 4.78 is 25.3. The maximum Gasteiger partial charge on any atom is 0.289 e. The zero-order valence-corrected chi connectivity index (χ0v) is 84.7. The van der Waals surface area contributed by atoms with E-state index in [2.05, 4.69) is 151 Å². The van der Waals surface area contributed by atoms with Crippen LogP contribution in [0.2, 0.25) is 0 Å². The number of thioether (sulfide) groups is 1. The molecule has 0 saturated heterocycles. The standard InChI is InChI=1S/C18H22N6O.2C18H21N5O2.C17H21N7O.C17H20N6O2.C16H18N4OS2/c19-12-18(7-8-18)24-11-15(22-23-24)16(13-4-2-1-3-5-13)21-17(25)14-6-9-20-10-14;19-12-18(8-9-18)23-11-14(21-22-23)16(13-5-2-1-3-6-13)20-17(24)15-7-4-10-25-15;19-12-18(7-8-18)23-10-15(21-22-23)16(13-4-2-1-3-5-13)20-17(24)14-6-9-25-11-14;18-11-17(6-7-17)24-10-14(22-23-24)15(12-4-2-1-3-5-12)21-16(25)13-8-19-20-9-13;18-10-17(6-7-17)23-9-13(21-22-23)15(12-4-2-1-3-5-12)20-16(24)14-8-19-11-25-14;1-22-6-2-12(8-15(21)13-3-7-23-10-13)14-9-20(19-18-14)16(11-17)4-5-16/h6,9,11,13,16H,1-5,7-8,10H2,(H,21,25);4,7,10-11,13,16H,1-3,5-6,8-9H2,(H,20,24);6,9-11,13,16H,1-5,7-8H2,(H,20,24);8-10,12,15H,1-7H2,(H,19,20)(H,21,25);8-9,11-12,15H,1-7H2,(H,20,24);3,7,9-10,12H,2,4-6,8H2,1H3/t3*16-;2*15-;12-/m000001/s1. The molecule has 11 aromatic heterocycles. The molecule has 12 aliphatic rings. The van der Waals surface area contributed by atoms with Gasteiger partial charge in [-0.3, -0.25) is 38.9 Å². The van der Waals surface area contributed by atoms with Crippen LogP contribution in [-0.4, -0.2) is 165 Å². The van der Waals surface area contributed by atoms with E-state index in [0.717, 1.165) is 213 Å². The highest BCUT2D eigenvalue weighted by atomic mass is 32.2. The van der Waals surface area contributed by atoms with Crippen molar-refractivity contribution in [3.63, 3.8) is 0 Å². The highest BCUT2D eigenvalue weighted by molar-refractivity contribution is 7.98. The first-order valence-corrected chi connectivity index (χ1v) is 54.4. The number of nitrogens with zero attached hydrogens (tertiary/aromatic N) is 27. The van der Waals surface area contributed by atoms with Crippen molar-refractivity contribution in [2.75, 3.05) is 18.6 Å². The number of nitriles is 6. The number of Topliss-reactive ketones (excluding diaryl/α,β-unsaturated/α-hetero) is 1. The van der Waals surface area contributed by atoms with Gasteiger partial charge in [-0.25, -0.2) is 33.1 Å². The number of nitrogens with one attached hydrogen (secondary N) is 6. The second-order valence-electron chi connectivity index (χ2n) is 41.3. The van der Waals surface area contributed by atoms with E-state index in [1.165, 1.54) is 120 Å². The summed E-state index contributed by atoms with van der Waals surface area (Å²) in [4.78, 5) is 82.9. The quantitative estimate of drug-likeness (QED) is 0.0208. The summed E-state index contributed by atoms with van der Waals surface area (Å²) in [6.07, 6.45) is 66.2. The predicted octanol–water partition coefficient (Wildman–Crippen LogP) is 15.8. The number of carbonyl (C=O) groups is 6. The summed E-state index contributed by atoms with van der Waals surface area (Å²) in [5, 5.41) is 133. The highest BCUT2D eigenvalue weighted by Gasteiger charge is 2.53. The Morgan fingerprint density at radius 1 is 0.432 bits per heavy atom. The van der Waals surface area contributed by atoms with Gasteiger partial charge in [-0.1, -0.05) is 128 Å². The van der Waals surface area contributed by atoms with E-state index in [0.29, 0.717) is 70.7 Å². The Labute approximate surface area is 864 Å². The van der Waals surface area contributed by atoms with Crippen LogP contribution >= 0.6 is 23.1 Å². The number of allylic oxidation sites excluding steroid dienone is 1. The summed E-state index contributed by atoms with van der Waals surface area (Å²) in [6, 6.07) is 19.8. The summed E-state index contributed by atoms with van der Waals surface area (Å²) in [5.41, 5.74) is 3.82. The first kappa shape index (κ1) is 103. The van der Waals surface area contributed by atoms with Gasteiger partial charge in [0.15, 0.2) is 51.2 Å². The number of hydrogen-bond donors (Lipinski definition) is 6. The average Bonchev–Trinajstić information content (AvgIpc) is 1.64. The summed E-state index contributed by atoms with van der Waals surface area (Å²) in [5.74, 6) is 2.38. The normalized spacial score (nSPS) is 20.4. The van der Waals surface area contributed by atoms with Gasteiger partial charge in [0.05, 0.1) is 152 Å². The van der Waals surface area contributed by atoms with Gasteiger partial charge in [-0.15, -0.1) is 30.6 Å². The van der Waals surface area contributed by atoms with Crippen LogP contribution in [0.25, 0.3) is 0 Å². The summed E-state index contributed by atoms with van der Waals surface area (Å²) >= 11 is 3.30. The monoisotopic (exact) mass is 2040 g/mol. The molecule has 11 fully saturated rings. The lowest BCUT2D eigenvalue weighted by atomic mass is 9.82. The van der Waals surface area contributed by atoms with Crippen molar-refractivity contribution in [3.8, 4) is 36.4 Å². The lowest BCUT2D eigenvalue weighted by molar-refractivity contribution is -0.118. The van der Waals surface area contributed by atoms with E-state index in [1.807, 2.05) is 54.0 Å². The molecule has 11 aliphatic carbocycles. The summed E-state index contributed by atoms with van der Waals surface area (Å²) in [7, 11) is 0. The van der Waals surface area contributed by atoms with Crippen LogP contribution in [0.15, 0.2) is 146 Å². The number of aromatic amines is 1. The number of aliphatic imine (C=N–C) groups is 1. The van der Waals surface area contributed by atoms with Crippen LogP contribution in [0.3, 0.4) is 0 Å². The van der Waals surface area contributed by atoms with Crippen LogP contribution in [0.4, 0.5) is 0 Å². The molecule has 6 N–H and O–H groups in total. The molecule has 1 aliphatic heterocycles. The molecule has 0 bridgehead atoms. The molecule has 770 valence electrons. The number of hydrogen-bond acceptors (Lipinski definition) is 32. The van der Waals surface area contributed by atoms with Crippen LogP contribution in [0.1, 0.15) is 373 Å². The third kappa shape index (κ3) is 24.5. The number of H-pyrrole nitrogens is 1. The van der Waals surface area contributed by atoms with Gasteiger partial charge >= 0.3 is 0 Å². The first-order chi connectivity index (χ1) is 72.3. The lowest BCUT2D eigenvalue weighted by Gasteiger charge is -2.29. The number of furan rings is 2. The molecule has 23 rings (SSSR count). The molecular formula is C104H123N33O9S2. The van der Waals surface area contributed by atoms with E-state index in [9.17, 15) is 60.3 Å². The van der Waals surface area contributed by atoms with E-state index >= 15 is 0 Å². The molecule has 148 heavy (non-hydrogen) atoms. The maximum atomic E-state index is 12.6. The summed E-state index contributed by atoms with van der Waals surface area (Å²) in [6.45, 7) is 0.438. The number of aromatic nitrogens is 21. The van der Waals surface area contributed by atoms with Gasteiger partial charge in [0, 0.05) is 41.3 Å². The molecule has 44 heteroatoms. The van der Waals surface area contributed by atoms with Gasteiger partial charge < -0.3 is 39.8 Å². The Bertz CT molecular complexity index is 6110. The average molecular weight is 2040 g/mol. The van der Waals surface area contributed by atoms with Crippen molar-refractivity contribution in [2.45, 2.75) is 320 Å². The van der Waals surface area contributed by atoms with Crippen LogP contribution < -0.4 is 26.6 Å². The molecule has 5 amide bonds. The molecule has 42 nitrogen and oxygen atoms in total. The van der Waals surface area contributed by atoms with Crippen LogP contribution in [-0.2, 0) is 38.0 Å². The number of amides is 5. The molecule has 0 aromatic carbocycles. The minimum Gasteiger partial charge on any atom is -0.472 e. The van der Waals surface area contributed by atoms with Gasteiger partial charge in [0.25, 0.3) is 23.6 Å². The molecule has 0 unspecified atom stereocenters. The molecule has 12 heterocycles. The third-order valence-corrected chi connectivity index (χ3v) is 32.5. The van der Waals surface area contributed by atoms with E-state index in [-0.39, 0.29) is 77.2 Å². The number of carbonyl (C=O) groups excluding carboxylic acids is 6. The highest BCUT2D eigenvalue weighted by Crippen LogP contribution is 2.50. The van der Waals surface area contributed by atoms with Crippen LogP contribution in [0, 0.1) is 97.6 Å². The molecular weight excluding hydrogens is 1920 g/mol. The Kier molecular flexibility index (Phi) is 32.8. The largest absolute Gasteiger partial charge is 0.472 e. The minimum atomic E-state index is -0.544. The second kappa shape index (κ2) is 47.0.